The summed E-state index contributed by atoms with van der Waals surface area (Å²) in [5.74, 6) is 0.728. The standard InChI is InChI=1S/C10H12O2.C10H10O2.C8H8O2.C2H4O.Na.H2O.H2/c2*1-8-4-5-9(3-2-6-11)7-10(8)12;1-6-2-3-7(5-9)4-8(6)10;1-2-3;;;/h4-7,12H,2-3H2,1H3;2-7,12H,1H3;2-5,10H,1H3;2H,1H3;;1H2;1H/q;;;;+1;;/p-1/b;3-2+;;;;;. The van der Waals surface area contributed by atoms with E-state index in [1.54, 1.807) is 43.3 Å². The van der Waals surface area contributed by atoms with Crippen LogP contribution in [0.1, 0.15) is 52.9 Å². The maximum atomic E-state index is 10.2. The van der Waals surface area contributed by atoms with Gasteiger partial charge >= 0.3 is 29.6 Å². The molecule has 9 heteroatoms. The molecule has 0 fully saturated rings. The van der Waals surface area contributed by atoms with Gasteiger partial charge in [-0.15, -0.1) is 0 Å². The van der Waals surface area contributed by atoms with Gasteiger partial charge in [0.1, 0.15) is 42.4 Å². The summed E-state index contributed by atoms with van der Waals surface area (Å²) in [7, 11) is 0. The minimum absolute atomic E-state index is 0. The Kier molecular flexibility index (Phi) is 24.1. The van der Waals surface area contributed by atoms with Crippen molar-refractivity contribution in [3.63, 3.8) is 0 Å². The Labute approximate surface area is 253 Å². The summed E-state index contributed by atoms with van der Waals surface area (Å²) in [5, 5.41) is 27.7. The Morgan fingerprint density at radius 1 is 0.718 bits per heavy atom. The minimum atomic E-state index is 0. The van der Waals surface area contributed by atoms with Gasteiger partial charge in [0, 0.05) is 13.4 Å². The zero-order chi connectivity index (χ0) is 28.2. The topological polar surface area (TPSA) is 159 Å². The van der Waals surface area contributed by atoms with Crippen LogP contribution in [0.3, 0.4) is 0 Å². The molecule has 0 saturated heterocycles. The van der Waals surface area contributed by atoms with E-state index >= 15 is 0 Å². The van der Waals surface area contributed by atoms with Crippen molar-refractivity contribution in [2.75, 3.05) is 0 Å². The van der Waals surface area contributed by atoms with Crippen LogP contribution in [-0.2, 0) is 20.8 Å². The van der Waals surface area contributed by atoms with E-state index in [9.17, 15) is 24.6 Å². The zero-order valence-electron chi connectivity index (χ0n) is 23.0. The van der Waals surface area contributed by atoms with Gasteiger partial charge in [-0.3, -0.25) is 9.59 Å². The van der Waals surface area contributed by atoms with E-state index < -0.39 is 0 Å². The fourth-order valence-corrected chi connectivity index (χ4v) is 2.62. The Bertz CT molecular complexity index is 1200. The number of phenolic OH excluding ortho intramolecular Hbond substituents is 3. The van der Waals surface area contributed by atoms with Gasteiger partial charge in [0.25, 0.3) is 0 Å². The van der Waals surface area contributed by atoms with Crippen LogP contribution in [0.5, 0.6) is 17.2 Å². The number of aldehydes is 4. The molecule has 0 aromatic heterocycles. The van der Waals surface area contributed by atoms with E-state index in [-0.39, 0.29) is 48.0 Å². The molecule has 4 N–H and O–H groups in total. The second kappa shape index (κ2) is 23.5. The number of allylic oxidation sites excluding steroid dienone is 1. The van der Waals surface area contributed by atoms with Crippen LogP contribution in [0.15, 0.2) is 60.7 Å². The molecular weight excluding hydrogens is 511 g/mol. The molecule has 8 nitrogen and oxygen atoms in total. The third kappa shape index (κ3) is 17.6. The Balaban J connectivity index is -0.000000224. The first kappa shape index (κ1) is 39.9. The molecule has 0 amide bonds. The molecule has 0 atom stereocenters. The molecule has 0 spiro atoms. The molecule has 0 aliphatic rings. The van der Waals surface area contributed by atoms with Gasteiger partial charge in [-0.1, -0.05) is 42.5 Å². The predicted octanol–water partition coefficient (Wildman–Crippen LogP) is 2.54. The smallest absolute Gasteiger partial charge is 0.870 e. The summed E-state index contributed by atoms with van der Waals surface area (Å²) in [6.07, 6.45) is 7.31. The summed E-state index contributed by atoms with van der Waals surface area (Å²) in [4.78, 5) is 39.0. The van der Waals surface area contributed by atoms with Gasteiger partial charge in [-0.05, 0) is 86.2 Å². The molecule has 3 aromatic carbocycles. The fraction of sp³-hybridized carbons (Fsp3) is 0.200. The van der Waals surface area contributed by atoms with Crippen LogP contribution in [0.25, 0.3) is 6.08 Å². The SMILES string of the molecule is CC=O.Cc1ccc(/C=C/C=O)cc1O.Cc1ccc(C=O)cc1O.Cc1ccc(CCC=O)cc1O.[HH].[Na+].[OH-]. The number of hydrogen-bond acceptors (Lipinski definition) is 8. The van der Waals surface area contributed by atoms with E-state index in [2.05, 4.69) is 0 Å². The van der Waals surface area contributed by atoms with Crippen LogP contribution in [0.2, 0.25) is 0 Å². The summed E-state index contributed by atoms with van der Waals surface area (Å²) in [6.45, 7) is 6.89. The van der Waals surface area contributed by atoms with Gasteiger partial charge in [0.15, 0.2) is 0 Å². The largest absolute Gasteiger partial charge is 1.00 e. The Morgan fingerprint density at radius 3 is 1.56 bits per heavy atom. The molecule has 0 bridgehead atoms. The van der Waals surface area contributed by atoms with Gasteiger partial charge in [0.2, 0.25) is 0 Å². The second-order valence-corrected chi connectivity index (χ2v) is 7.77. The first-order valence-corrected chi connectivity index (χ1v) is 11.4. The van der Waals surface area contributed by atoms with Crippen molar-refractivity contribution < 1.29 is 71.0 Å². The van der Waals surface area contributed by atoms with Crippen molar-refractivity contribution >= 4 is 31.2 Å². The van der Waals surface area contributed by atoms with Gasteiger partial charge in [-0.2, -0.15) is 0 Å². The van der Waals surface area contributed by atoms with Crippen LogP contribution in [0.4, 0.5) is 0 Å². The van der Waals surface area contributed by atoms with E-state index in [4.69, 9.17) is 9.90 Å². The third-order valence-electron chi connectivity index (χ3n) is 4.79. The number of phenols is 3. The van der Waals surface area contributed by atoms with Crippen molar-refractivity contribution in [2.24, 2.45) is 0 Å². The molecule has 206 valence electrons. The minimum Gasteiger partial charge on any atom is -0.870 e. The molecular formula is C30H37NaO8. The van der Waals surface area contributed by atoms with Crippen molar-refractivity contribution in [1.29, 1.82) is 0 Å². The number of carbonyl (C=O) groups excluding carboxylic acids is 4. The zero-order valence-corrected chi connectivity index (χ0v) is 25.0. The number of aromatic hydroxyl groups is 3. The normalized spacial score (nSPS) is 8.92. The van der Waals surface area contributed by atoms with E-state index in [0.717, 1.165) is 40.4 Å². The number of rotatable bonds is 6. The number of benzene rings is 3. The average Bonchev–Trinajstić information content (AvgIpc) is 2.88. The van der Waals surface area contributed by atoms with E-state index in [1.807, 2.05) is 32.0 Å². The monoisotopic (exact) mass is 548 g/mol. The van der Waals surface area contributed by atoms with Crippen LogP contribution in [0, 0.1) is 20.8 Å². The first-order valence-electron chi connectivity index (χ1n) is 11.4. The molecule has 39 heavy (non-hydrogen) atoms. The quantitative estimate of drug-likeness (QED) is 0.241. The number of carbonyl (C=O) groups is 4. The fourth-order valence-electron chi connectivity index (χ4n) is 2.62. The van der Waals surface area contributed by atoms with E-state index in [0.29, 0.717) is 36.7 Å². The summed E-state index contributed by atoms with van der Waals surface area (Å²) < 4.78 is 0. The Hall–Kier alpha value is -3.56. The molecule has 0 unspecified atom stereocenters. The van der Waals surface area contributed by atoms with E-state index in [1.165, 1.54) is 19.1 Å². The number of aryl methyl sites for hydroxylation is 4. The van der Waals surface area contributed by atoms with Gasteiger partial charge in [0.05, 0.1) is 0 Å². The summed E-state index contributed by atoms with van der Waals surface area (Å²) in [6, 6.07) is 15.6. The summed E-state index contributed by atoms with van der Waals surface area (Å²) in [5.41, 5.74) is 4.81. The molecule has 0 heterocycles. The molecule has 3 rings (SSSR count). The maximum absolute atomic E-state index is 10.2. The van der Waals surface area contributed by atoms with Gasteiger partial charge < -0.3 is 30.4 Å². The molecule has 3 aromatic rings. The van der Waals surface area contributed by atoms with Crippen molar-refractivity contribution in [1.82, 2.24) is 0 Å². The summed E-state index contributed by atoms with van der Waals surface area (Å²) >= 11 is 0. The third-order valence-corrected chi connectivity index (χ3v) is 4.79. The Morgan fingerprint density at radius 2 is 1.15 bits per heavy atom. The van der Waals surface area contributed by atoms with Crippen molar-refractivity contribution in [3.8, 4) is 17.2 Å². The number of hydrogen-bond donors (Lipinski definition) is 3. The maximum Gasteiger partial charge on any atom is 1.00 e. The van der Waals surface area contributed by atoms with Crippen LogP contribution < -0.4 is 29.6 Å². The van der Waals surface area contributed by atoms with Crippen LogP contribution in [-0.4, -0.2) is 45.9 Å². The molecule has 0 radical (unpaired) electrons. The first-order chi connectivity index (χ1) is 17.6. The van der Waals surface area contributed by atoms with Crippen molar-refractivity contribution in [2.45, 2.75) is 40.5 Å². The van der Waals surface area contributed by atoms with Gasteiger partial charge in [-0.25, -0.2) is 0 Å². The molecule has 0 saturated carbocycles. The second-order valence-electron chi connectivity index (χ2n) is 7.77. The molecule has 0 aliphatic heterocycles. The average molecular weight is 549 g/mol. The van der Waals surface area contributed by atoms with Crippen LogP contribution >= 0.6 is 0 Å². The van der Waals surface area contributed by atoms with Crippen molar-refractivity contribution in [3.05, 3.63) is 94.1 Å². The predicted molar refractivity (Wildman–Crippen MR) is 149 cm³/mol. The molecule has 0 aliphatic carbocycles.